The van der Waals surface area contributed by atoms with Crippen LogP contribution in [0.5, 0.6) is 0 Å². The van der Waals surface area contributed by atoms with Crippen LogP contribution in [0.2, 0.25) is 0 Å². The molecule has 2 unspecified atom stereocenters. The molecule has 1 saturated heterocycles. The molecule has 1 amide bonds. The highest BCUT2D eigenvalue weighted by Gasteiger charge is 2.53. The SMILES string of the molecule is O=C(Cc1ccc(F)cc1F)NC1C2CNCC21. The standard InChI is InChI=1S/C13H14F2N2O/c14-8-2-1-7(11(15)4-8)3-12(18)17-13-9-5-16-6-10(9)13/h1-2,4,9-10,13,16H,3,5-6H2,(H,17,18). The largest absolute Gasteiger partial charge is 0.352 e. The Labute approximate surface area is 104 Å². The number of hydrogen-bond acceptors (Lipinski definition) is 2. The van der Waals surface area contributed by atoms with Crippen LogP contribution in [0.15, 0.2) is 18.2 Å². The number of halogens is 2. The summed E-state index contributed by atoms with van der Waals surface area (Å²) in [6.07, 6.45) is -0.0323. The molecule has 1 aromatic rings. The molecule has 0 aromatic heterocycles. The molecule has 1 aliphatic carbocycles. The predicted molar refractivity (Wildman–Crippen MR) is 61.8 cm³/mol. The number of carbonyl (C=O) groups is 1. The Morgan fingerprint density at radius 3 is 2.72 bits per heavy atom. The number of benzene rings is 1. The molecule has 96 valence electrons. The van der Waals surface area contributed by atoms with Gasteiger partial charge in [0.2, 0.25) is 5.91 Å². The first-order valence-corrected chi connectivity index (χ1v) is 6.09. The van der Waals surface area contributed by atoms with Crippen LogP contribution < -0.4 is 10.6 Å². The lowest BCUT2D eigenvalue weighted by Crippen LogP contribution is -2.33. The fraction of sp³-hybridized carbons (Fsp3) is 0.462. The Morgan fingerprint density at radius 1 is 1.33 bits per heavy atom. The van der Waals surface area contributed by atoms with E-state index in [0.717, 1.165) is 19.2 Å². The minimum absolute atomic E-state index is 0.0323. The number of piperidine rings is 1. The van der Waals surface area contributed by atoms with Crippen LogP contribution in [0.1, 0.15) is 5.56 Å². The van der Waals surface area contributed by atoms with E-state index in [4.69, 9.17) is 0 Å². The van der Waals surface area contributed by atoms with Gasteiger partial charge < -0.3 is 10.6 Å². The zero-order valence-electron chi connectivity index (χ0n) is 9.75. The molecule has 1 aliphatic heterocycles. The van der Waals surface area contributed by atoms with Crippen molar-refractivity contribution in [1.82, 2.24) is 10.6 Å². The third-order valence-corrected chi connectivity index (χ3v) is 3.79. The quantitative estimate of drug-likeness (QED) is 0.837. The van der Waals surface area contributed by atoms with Crippen LogP contribution in [0.25, 0.3) is 0 Å². The molecule has 2 atom stereocenters. The van der Waals surface area contributed by atoms with E-state index in [9.17, 15) is 13.6 Å². The van der Waals surface area contributed by atoms with Gasteiger partial charge in [-0.3, -0.25) is 4.79 Å². The van der Waals surface area contributed by atoms with Crippen molar-refractivity contribution in [2.24, 2.45) is 11.8 Å². The summed E-state index contributed by atoms with van der Waals surface area (Å²) in [5.74, 6) is -0.416. The van der Waals surface area contributed by atoms with Crippen LogP contribution in [-0.4, -0.2) is 25.0 Å². The first-order valence-electron chi connectivity index (χ1n) is 6.09. The van der Waals surface area contributed by atoms with Crippen LogP contribution in [-0.2, 0) is 11.2 Å². The zero-order chi connectivity index (χ0) is 12.7. The molecular formula is C13H14F2N2O. The first-order chi connectivity index (χ1) is 8.65. The van der Waals surface area contributed by atoms with Crippen molar-refractivity contribution in [2.75, 3.05) is 13.1 Å². The van der Waals surface area contributed by atoms with Crippen molar-refractivity contribution in [3.8, 4) is 0 Å². The summed E-state index contributed by atoms with van der Waals surface area (Å²) in [4.78, 5) is 11.7. The molecule has 1 heterocycles. The van der Waals surface area contributed by atoms with Gasteiger partial charge in [-0.1, -0.05) is 6.07 Å². The van der Waals surface area contributed by atoms with E-state index >= 15 is 0 Å². The summed E-state index contributed by atoms with van der Waals surface area (Å²) in [6.45, 7) is 1.89. The number of fused-ring (bicyclic) bond motifs is 1. The second kappa shape index (κ2) is 4.31. The molecule has 2 N–H and O–H groups in total. The summed E-state index contributed by atoms with van der Waals surface area (Å²) >= 11 is 0. The fourth-order valence-corrected chi connectivity index (χ4v) is 2.71. The van der Waals surface area contributed by atoms with Crippen molar-refractivity contribution in [2.45, 2.75) is 12.5 Å². The second-order valence-corrected chi connectivity index (χ2v) is 4.99. The fourth-order valence-electron chi connectivity index (χ4n) is 2.71. The van der Waals surface area contributed by atoms with E-state index in [1.165, 1.54) is 12.1 Å². The van der Waals surface area contributed by atoms with E-state index in [1.54, 1.807) is 0 Å². The van der Waals surface area contributed by atoms with Crippen molar-refractivity contribution in [1.29, 1.82) is 0 Å². The van der Waals surface area contributed by atoms with Crippen LogP contribution in [0.3, 0.4) is 0 Å². The maximum Gasteiger partial charge on any atom is 0.224 e. The number of carbonyl (C=O) groups excluding carboxylic acids is 1. The molecule has 2 fully saturated rings. The van der Waals surface area contributed by atoms with Crippen molar-refractivity contribution < 1.29 is 13.6 Å². The summed E-state index contributed by atoms with van der Waals surface area (Å²) in [5, 5.41) is 6.14. The summed E-state index contributed by atoms with van der Waals surface area (Å²) in [7, 11) is 0. The third-order valence-electron chi connectivity index (χ3n) is 3.79. The van der Waals surface area contributed by atoms with Gasteiger partial charge >= 0.3 is 0 Å². The van der Waals surface area contributed by atoms with Crippen LogP contribution in [0, 0.1) is 23.5 Å². The van der Waals surface area contributed by atoms with E-state index in [0.29, 0.717) is 11.8 Å². The average Bonchev–Trinajstić information content (AvgIpc) is 2.75. The zero-order valence-corrected chi connectivity index (χ0v) is 9.75. The Morgan fingerprint density at radius 2 is 2.06 bits per heavy atom. The Balaban J connectivity index is 1.57. The van der Waals surface area contributed by atoms with Crippen LogP contribution >= 0.6 is 0 Å². The molecule has 0 radical (unpaired) electrons. The third kappa shape index (κ3) is 2.10. The molecule has 3 nitrogen and oxygen atoms in total. The van der Waals surface area contributed by atoms with Gasteiger partial charge in [-0.15, -0.1) is 0 Å². The number of rotatable bonds is 3. The smallest absolute Gasteiger partial charge is 0.224 e. The number of amides is 1. The van der Waals surface area contributed by atoms with E-state index in [-0.39, 0.29) is 23.9 Å². The highest BCUT2D eigenvalue weighted by atomic mass is 19.1. The van der Waals surface area contributed by atoms with E-state index in [2.05, 4.69) is 10.6 Å². The van der Waals surface area contributed by atoms with Gasteiger partial charge in [0.15, 0.2) is 0 Å². The average molecular weight is 252 g/mol. The van der Waals surface area contributed by atoms with Gasteiger partial charge in [0.25, 0.3) is 0 Å². The lowest BCUT2D eigenvalue weighted by atomic mass is 10.1. The van der Waals surface area contributed by atoms with Gasteiger partial charge in [-0.2, -0.15) is 0 Å². The number of nitrogens with one attached hydrogen (secondary N) is 2. The van der Waals surface area contributed by atoms with Gasteiger partial charge in [0.1, 0.15) is 11.6 Å². The Bertz CT molecular complexity index is 482. The molecule has 2 aliphatic rings. The molecule has 0 bridgehead atoms. The predicted octanol–water partition coefficient (Wildman–Crippen LogP) is 0.841. The van der Waals surface area contributed by atoms with Crippen molar-refractivity contribution in [3.05, 3.63) is 35.4 Å². The Hall–Kier alpha value is -1.49. The molecule has 0 spiro atoms. The first kappa shape index (κ1) is 11.6. The van der Waals surface area contributed by atoms with Gasteiger partial charge in [0, 0.05) is 25.2 Å². The van der Waals surface area contributed by atoms with Gasteiger partial charge in [-0.25, -0.2) is 8.78 Å². The van der Waals surface area contributed by atoms with Gasteiger partial charge in [-0.05, 0) is 23.5 Å². The van der Waals surface area contributed by atoms with E-state index < -0.39 is 11.6 Å². The Kier molecular flexibility index (Phi) is 2.78. The minimum atomic E-state index is -0.664. The maximum absolute atomic E-state index is 13.4. The number of hydrogen-bond donors (Lipinski definition) is 2. The molecule has 5 heteroatoms. The molecular weight excluding hydrogens is 238 g/mol. The van der Waals surface area contributed by atoms with E-state index in [1.807, 2.05) is 0 Å². The lowest BCUT2D eigenvalue weighted by molar-refractivity contribution is -0.120. The summed E-state index contributed by atoms with van der Waals surface area (Å²) in [6, 6.07) is 3.53. The second-order valence-electron chi connectivity index (χ2n) is 4.99. The maximum atomic E-state index is 13.4. The monoisotopic (exact) mass is 252 g/mol. The van der Waals surface area contributed by atoms with Crippen molar-refractivity contribution >= 4 is 5.91 Å². The summed E-state index contributed by atoms with van der Waals surface area (Å²) in [5.41, 5.74) is 0.234. The normalized spacial score (nSPS) is 28.9. The molecule has 18 heavy (non-hydrogen) atoms. The highest BCUT2D eigenvalue weighted by Crippen LogP contribution is 2.41. The molecule has 3 rings (SSSR count). The van der Waals surface area contributed by atoms with Gasteiger partial charge in [0.05, 0.1) is 6.42 Å². The van der Waals surface area contributed by atoms with Crippen LogP contribution in [0.4, 0.5) is 8.78 Å². The minimum Gasteiger partial charge on any atom is -0.352 e. The molecule has 1 aromatic carbocycles. The summed E-state index contributed by atoms with van der Waals surface area (Å²) < 4.78 is 26.1. The van der Waals surface area contributed by atoms with Crippen molar-refractivity contribution in [3.63, 3.8) is 0 Å². The highest BCUT2D eigenvalue weighted by molar-refractivity contribution is 5.79. The molecule has 1 saturated carbocycles. The lowest BCUT2D eigenvalue weighted by Gasteiger charge is -2.08. The topological polar surface area (TPSA) is 41.1 Å².